The van der Waals surface area contributed by atoms with E-state index in [9.17, 15) is 24.3 Å². The molecular weight excluding hydrogens is 555 g/mol. The summed E-state index contributed by atoms with van der Waals surface area (Å²) in [7, 11) is 2.71. The van der Waals surface area contributed by atoms with Crippen LogP contribution in [0, 0.1) is 17.8 Å². The van der Waals surface area contributed by atoms with Crippen LogP contribution in [0.3, 0.4) is 0 Å². The smallest absolute Gasteiger partial charge is 0.253 e. The topological polar surface area (TPSA) is 104 Å². The number of rotatable bonds is 4. The number of anilines is 1. The number of hydrogen-bond acceptors (Lipinski definition) is 6. The van der Waals surface area contributed by atoms with E-state index in [1.54, 1.807) is 48.5 Å². The number of imide groups is 2. The summed E-state index contributed by atoms with van der Waals surface area (Å²) in [5, 5.41) is 11.2. The highest BCUT2D eigenvalue weighted by Crippen LogP contribution is 2.66. The highest BCUT2D eigenvalue weighted by atomic mass is 35.5. The molecule has 6 rings (SSSR count). The number of phenolic OH excluding ortho intramolecular Hbond substituents is 1. The van der Waals surface area contributed by atoms with Crippen LogP contribution in [0.2, 0.25) is 0 Å². The highest BCUT2D eigenvalue weighted by Gasteiger charge is 2.76. The summed E-state index contributed by atoms with van der Waals surface area (Å²) in [4.78, 5) is 53.0. The third kappa shape index (κ3) is 3.20. The molecule has 2 aromatic carbocycles. The normalized spacial score (nSPS) is 33.0. The van der Waals surface area contributed by atoms with Crippen LogP contribution >= 0.6 is 23.2 Å². The number of hydrogen-bond donors (Lipinski definition) is 1. The summed E-state index contributed by atoms with van der Waals surface area (Å²) < 4.78 is 5.31. The average Bonchev–Trinajstić information content (AvgIpc) is 3.28. The van der Waals surface area contributed by atoms with Crippen LogP contribution in [0.15, 0.2) is 60.7 Å². The molecule has 8 nitrogen and oxygen atoms in total. The molecule has 10 heteroatoms. The van der Waals surface area contributed by atoms with E-state index >= 15 is 0 Å². The van der Waals surface area contributed by atoms with Gasteiger partial charge in [0.05, 0.1) is 24.6 Å². The number of benzene rings is 2. The summed E-state index contributed by atoms with van der Waals surface area (Å²) in [5.74, 6) is -5.46. The van der Waals surface area contributed by atoms with Gasteiger partial charge in [-0.1, -0.05) is 48.6 Å². The Morgan fingerprint density at radius 2 is 1.73 bits per heavy atom. The lowest BCUT2D eigenvalue weighted by Gasteiger charge is -2.50. The minimum atomic E-state index is -1.98. The molecular formula is C30H26Cl2N2O6. The summed E-state index contributed by atoms with van der Waals surface area (Å²) in [6, 6.07) is 11.7. The van der Waals surface area contributed by atoms with Crippen molar-refractivity contribution >= 4 is 58.6 Å². The highest BCUT2D eigenvalue weighted by molar-refractivity contribution is 6.53. The Labute approximate surface area is 240 Å². The molecule has 0 radical (unpaired) electrons. The fraction of sp³-hybridized carbons (Fsp3) is 0.333. The zero-order valence-corrected chi connectivity index (χ0v) is 23.3. The van der Waals surface area contributed by atoms with Gasteiger partial charge >= 0.3 is 0 Å². The fourth-order valence-corrected chi connectivity index (χ4v) is 8.05. The van der Waals surface area contributed by atoms with Crippen LogP contribution in [0.1, 0.15) is 29.9 Å². The Morgan fingerprint density at radius 1 is 1.02 bits per heavy atom. The van der Waals surface area contributed by atoms with Crippen LogP contribution in [0.25, 0.3) is 6.08 Å². The first-order valence-corrected chi connectivity index (χ1v) is 13.6. The number of ether oxygens (including phenoxy) is 1. The number of amides is 4. The van der Waals surface area contributed by atoms with E-state index in [4.69, 9.17) is 27.9 Å². The zero-order chi connectivity index (χ0) is 28.7. The Hall–Kier alpha value is -3.62. The Kier molecular flexibility index (Phi) is 5.95. The lowest BCUT2D eigenvalue weighted by molar-refractivity contribution is -0.138. The number of halogens is 2. The van der Waals surface area contributed by atoms with Crippen molar-refractivity contribution < 1.29 is 29.0 Å². The number of alkyl halides is 2. The lowest BCUT2D eigenvalue weighted by atomic mass is 9.56. The summed E-state index contributed by atoms with van der Waals surface area (Å²) in [6.07, 6.45) is 3.59. The second-order valence-electron chi connectivity index (χ2n) is 10.7. The number of phenols is 1. The predicted octanol–water partition coefficient (Wildman–Crippen LogP) is 4.24. The average molecular weight is 581 g/mol. The van der Waals surface area contributed by atoms with E-state index < -0.39 is 51.1 Å². The van der Waals surface area contributed by atoms with Crippen molar-refractivity contribution in [2.24, 2.45) is 17.8 Å². The van der Waals surface area contributed by atoms with E-state index in [2.05, 4.69) is 6.58 Å². The molecule has 1 saturated carbocycles. The number of para-hydroxylation sites is 1. The summed E-state index contributed by atoms with van der Waals surface area (Å²) in [6.45, 7) is 3.74. The van der Waals surface area contributed by atoms with Gasteiger partial charge in [0.2, 0.25) is 11.8 Å². The van der Waals surface area contributed by atoms with Gasteiger partial charge in [0.1, 0.15) is 0 Å². The number of carbonyl (C=O) groups is 4. The van der Waals surface area contributed by atoms with Gasteiger partial charge < -0.3 is 9.84 Å². The van der Waals surface area contributed by atoms with Crippen LogP contribution in [-0.2, 0) is 19.2 Å². The molecule has 2 aliphatic heterocycles. The molecule has 0 spiro atoms. The first kappa shape index (κ1) is 26.6. The number of aromatic hydroxyl groups is 1. The van der Waals surface area contributed by atoms with E-state index in [-0.39, 0.29) is 35.8 Å². The maximum absolute atomic E-state index is 14.0. The Morgan fingerprint density at radius 3 is 2.38 bits per heavy atom. The number of fused-ring (bicyclic) bond motifs is 4. The molecule has 0 bridgehead atoms. The molecule has 2 heterocycles. The van der Waals surface area contributed by atoms with E-state index in [1.165, 1.54) is 19.1 Å². The predicted molar refractivity (Wildman–Crippen MR) is 149 cm³/mol. The van der Waals surface area contributed by atoms with Crippen molar-refractivity contribution in [3.05, 3.63) is 71.8 Å². The van der Waals surface area contributed by atoms with Crippen molar-refractivity contribution in [2.45, 2.75) is 28.5 Å². The largest absolute Gasteiger partial charge is 0.504 e. The standard InChI is InChI=1S/C30H26Cl2N2O6/c1-4-15-8-10-16(11-9-15)34-25(36)18-13-12-17-20(22(18)26(34)37)14-29(31)27(38)33(2)28(39)30(29,32)23(17)19-6-5-7-21(40-3)24(19)35/h4-12,18,20,22-23,35H,1,13-14H2,2-3H3. The SMILES string of the molecule is C=Cc1ccc(N2C(=O)C3CC=C4C(CC5(Cl)C(=O)N(C)C(=O)C5(Cl)C4c4cccc(OC)c4O)C3C2=O)cc1. The number of nitrogens with zero attached hydrogens (tertiary/aromatic N) is 2. The first-order chi connectivity index (χ1) is 19.0. The van der Waals surface area contributed by atoms with Crippen LogP contribution < -0.4 is 9.64 Å². The number of methoxy groups -OCH3 is 1. The van der Waals surface area contributed by atoms with Gasteiger partial charge in [-0.2, -0.15) is 0 Å². The fourth-order valence-electron chi connectivity index (χ4n) is 7.04. The molecule has 0 aromatic heterocycles. The molecule has 206 valence electrons. The molecule has 40 heavy (non-hydrogen) atoms. The van der Waals surface area contributed by atoms with E-state index in [1.807, 2.05) is 6.08 Å². The number of allylic oxidation sites excluding steroid dienone is 2. The van der Waals surface area contributed by atoms with Crippen LogP contribution in [0.5, 0.6) is 11.5 Å². The molecule has 6 atom stereocenters. The van der Waals surface area contributed by atoms with E-state index in [0.717, 1.165) is 10.5 Å². The summed E-state index contributed by atoms with van der Waals surface area (Å²) in [5.41, 5.74) is 2.12. The van der Waals surface area contributed by atoms with Crippen LogP contribution in [-0.4, -0.2) is 57.5 Å². The Bertz CT molecular complexity index is 1540. The molecule has 2 aliphatic carbocycles. The molecule has 3 fully saturated rings. The van der Waals surface area contributed by atoms with Gasteiger partial charge in [-0.3, -0.25) is 29.0 Å². The lowest BCUT2D eigenvalue weighted by Crippen LogP contribution is -2.60. The minimum Gasteiger partial charge on any atom is -0.504 e. The van der Waals surface area contributed by atoms with Crippen molar-refractivity contribution in [2.75, 3.05) is 19.1 Å². The number of likely N-dealkylation sites (tertiary alicyclic amines) is 1. The quantitative estimate of drug-likeness (QED) is 0.329. The maximum Gasteiger partial charge on any atom is 0.253 e. The summed E-state index contributed by atoms with van der Waals surface area (Å²) >= 11 is 14.3. The minimum absolute atomic E-state index is 0.122. The van der Waals surface area contributed by atoms with Gasteiger partial charge in [0, 0.05) is 18.5 Å². The molecule has 2 saturated heterocycles. The van der Waals surface area contributed by atoms with Gasteiger partial charge in [-0.05, 0) is 42.5 Å². The molecule has 6 unspecified atom stereocenters. The van der Waals surface area contributed by atoms with Crippen molar-refractivity contribution in [3.8, 4) is 11.5 Å². The molecule has 4 aliphatic rings. The second-order valence-corrected chi connectivity index (χ2v) is 11.9. The third-order valence-electron chi connectivity index (χ3n) is 8.96. The monoisotopic (exact) mass is 580 g/mol. The first-order valence-electron chi connectivity index (χ1n) is 12.9. The molecule has 4 amide bonds. The van der Waals surface area contributed by atoms with Gasteiger partial charge in [-0.15, -0.1) is 23.2 Å². The molecule has 1 N–H and O–H groups in total. The van der Waals surface area contributed by atoms with E-state index in [0.29, 0.717) is 11.3 Å². The maximum atomic E-state index is 14.0. The van der Waals surface area contributed by atoms with Crippen LogP contribution in [0.4, 0.5) is 5.69 Å². The van der Waals surface area contributed by atoms with Crippen molar-refractivity contribution in [3.63, 3.8) is 0 Å². The third-order valence-corrected chi connectivity index (χ3v) is 10.4. The van der Waals surface area contributed by atoms with Gasteiger partial charge in [0.25, 0.3) is 11.8 Å². The Balaban J connectivity index is 1.52. The number of carbonyl (C=O) groups excluding carboxylic acids is 4. The molecule has 2 aromatic rings. The van der Waals surface area contributed by atoms with Crippen molar-refractivity contribution in [1.29, 1.82) is 0 Å². The second kappa shape index (κ2) is 8.94. The van der Waals surface area contributed by atoms with Crippen molar-refractivity contribution in [1.82, 2.24) is 4.90 Å². The van der Waals surface area contributed by atoms with Gasteiger partial charge in [0.15, 0.2) is 21.2 Å². The zero-order valence-electron chi connectivity index (χ0n) is 21.8. The van der Waals surface area contributed by atoms with Gasteiger partial charge in [-0.25, -0.2) is 0 Å².